The van der Waals surface area contributed by atoms with E-state index in [9.17, 15) is 17.6 Å². The summed E-state index contributed by atoms with van der Waals surface area (Å²) in [6.45, 7) is 0. The molecule has 0 amide bonds. The highest BCUT2D eigenvalue weighted by Crippen LogP contribution is 2.30. The normalized spacial score (nSPS) is 10.3. The molecule has 6 aromatic rings. The van der Waals surface area contributed by atoms with E-state index in [0.29, 0.717) is 27.2 Å². The summed E-state index contributed by atoms with van der Waals surface area (Å²) in [4.78, 5) is 8.42. The smallest absolute Gasteiger partial charge is 0.423 e. The molecule has 0 radical (unpaired) electrons. The molecular formula is C34H22BCl2F4IN2O2. The SMILES string of the molecule is Clc1cc(I)cc(Cl)n1.Fc1ccc(-c2cc(-c3ccc(F)cc3)nc(-c3ccc(F)cc3)c2)cc1.OB(O)c1ccc(F)cc1. The number of pyridine rings is 2. The van der Waals surface area contributed by atoms with Crippen LogP contribution in [0.1, 0.15) is 0 Å². The lowest BCUT2D eigenvalue weighted by Gasteiger charge is -2.10. The molecule has 2 aromatic heterocycles. The van der Waals surface area contributed by atoms with Crippen LogP contribution >= 0.6 is 45.8 Å². The van der Waals surface area contributed by atoms with Gasteiger partial charge in [-0.05, 0) is 136 Å². The van der Waals surface area contributed by atoms with Crippen LogP contribution in [0.15, 0.2) is 121 Å². The molecule has 0 aliphatic heterocycles. The van der Waals surface area contributed by atoms with Gasteiger partial charge in [0.05, 0.1) is 11.4 Å². The summed E-state index contributed by atoms with van der Waals surface area (Å²) in [5, 5.41) is 18.0. The maximum absolute atomic E-state index is 13.3. The summed E-state index contributed by atoms with van der Waals surface area (Å²) in [6, 6.07) is 30.5. The van der Waals surface area contributed by atoms with Crippen molar-refractivity contribution in [2.45, 2.75) is 0 Å². The van der Waals surface area contributed by atoms with Crippen molar-refractivity contribution < 1.29 is 27.6 Å². The number of hydrogen-bond donors (Lipinski definition) is 2. The van der Waals surface area contributed by atoms with Crippen molar-refractivity contribution in [1.82, 2.24) is 9.97 Å². The van der Waals surface area contributed by atoms with Gasteiger partial charge >= 0.3 is 7.12 Å². The zero-order valence-electron chi connectivity index (χ0n) is 23.6. The van der Waals surface area contributed by atoms with Gasteiger partial charge in [-0.25, -0.2) is 27.5 Å². The van der Waals surface area contributed by atoms with E-state index in [4.69, 9.17) is 33.2 Å². The van der Waals surface area contributed by atoms with Crippen LogP contribution in [-0.4, -0.2) is 27.1 Å². The summed E-state index contributed by atoms with van der Waals surface area (Å²) in [5.74, 6) is -1.35. The second-order valence-electron chi connectivity index (χ2n) is 9.50. The summed E-state index contributed by atoms with van der Waals surface area (Å²) >= 11 is 13.2. The molecule has 0 bridgehead atoms. The van der Waals surface area contributed by atoms with E-state index in [1.54, 1.807) is 48.5 Å². The number of rotatable bonds is 4. The maximum atomic E-state index is 13.3. The molecule has 232 valence electrons. The Labute approximate surface area is 286 Å². The molecule has 2 N–H and O–H groups in total. The predicted molar refractivity (Wildman–Crippen MR) is 184 cm³/mol. The third-order valence-electron chi connectivity index (χ3n) is 6.18. The minimum atomic E-state index is -1.51. The van der Waals surface area contributed by atoms with Crippen LogP contribution in [0.2, 0.25) is 10.3 Å². The summed E-state index contributed by atoms with van der Waals surface area (Å²) in [6.07, 6.45) is 0. The predicted octanol–water partition coefficient (Wildman–Crippen LogP) is 9.00. The van der Waals surface area contributed by atoms with Crippen LogP contribution in [0.25, 0.3) is 33.6 Å². The van der Waals surface area contributed by atoms with Gasteiger partial charge in [-0.15, -0.1) is 0 Å². The highest BCUT2D eigenvalue weighted by atomic mass is 127. The van der Waals surface area contributed by atoms with Crippen LogP contribution in [0.3, 0.4) is 0 Å². The van der Waals surface area contributed by atoms with E-state index in [0.717, 1.165) is 25.8 Å². The standard InChI is InChI=1S/C23H14F3N.C6H6BFO2.C5H2Cl2IN/c24-19-7-1-15(2-8-19)18-13-22(16-3-9-20(25)10-4-16)27-23(14-18)17-5-11-21(26)12-6-17;8-6-3-1-5(2-4-6)7(9)10;6-4-1-3(8)2-5(7)9-4/h1-14H;1-4,9-10H;1-2H. The second kappa shape index (κ2) is 16.7. The molecule has 46 heavy (non-hydrogen) atoms. The van der Waals surface area contributed by atoms with Crippen LogP contribution in [-0.2, 0) is 0 Å². The molecule has 0 aliphatic rings. The molecule has 0 aliphatic carbocycles. The molecule has 12 heteroatoms. The van der Waals surface area contributed by atoms with E-state index in [2.05, 4.69) is 32.6 Å². The van der Waals surface area contributed by atoms with Crippen molar-refractivity contribution in [2.24, 2.45) is 0 Å². The maximum Gasteiger partial charge on any atom is 0.488 e. The van der Waals surface area contributed by atoms with Crippen molar-refractivity contribution >= 4 is 58.4 Å². The molecule has 4 aromatic carbocycles. The van der Waals surface area contributed by atoms with Crippen molar-refractivity contribution in [1.29, 1.82) is 0 Å². The Morgan fingerprint density at radius 3 is 1.17 bits per heavy atom. The van der Waals surface area contributed by atoms with Crippen molar-refractivity contribution in [3.05, 3.63) is 158 Å². The van der Waals surface area contributed by atoms with E-state index >= 15 is 0 Å². The molecule has 0 saturated carbocycles. The molecule has 0 spiro atoms. The third-order valence-corrected chi connectivity index (χ3v) is 7.19. The Bertz CT molecular complexity index is 1680. The monoisotopic (exact) mass is 774 g/mol. The number of hydrogen-bond acceptors (Lipinski definition) is 4. The van der Waals surface area contributed by atoms with Crippen molar-refractivity contribution in [3.63, 3.8) is 0 Å². The quantitative estimate of drug-likeness (QED) is 0.0813. The molecule has 6 rings (SSSR count). The van der Waals surface area contributed by atoms with Crippen molar-refractivity contribution in [2.75, 3.05) is 0 Å². The molecular weight excluding hydrogens is 753 g/mol. The number of halogens is 7. The van der Waals surface area contributed by atoms with Gasteiger partial charge in [-0.3, -0.25) is 0 Å². The molecule has 0 unspecified atom stereocenters. The van der Waals surface area contributed by atoms with E-state index in [1.807, 2.05) is 12.1 Å². The van der Waals surface area contributed by atoms with Crippen LogP contribution < -0.4 is 5.46 Å². The highest BCUT2D eigenvalue weighted by Gasteiger charge is 2.10. The molecule has 0 fully saturated rings. The van der Waals surface area contributed by atoms with Gasteiger partial charge in [0, 0.05) is 14.7 Å². The van der Waals surface area contributed by atoms with Crippen LogP contribution in [0, 0.1) is 26.8 Å². The largest absolute Gasteiger partial charge is 0.488 e. The number of nitrogens with zero attached hydrogens (tertiary/aromatic N) is 2. The molecule has 4 nitrogen and oxygen atoms in total. The van der Waals surface area contributed by atoms with Gasteiger partial charge in [-0.2, -0.15) is 0 Å². The minimum absolute atomic E-state index is 0.293. The fourth-order valence-electron chi connectivity index (χ4n) is 3.95. The summed E-state index contributed by atoms with van der Waals surface area (Å²) in [5.41, 5.74) is 4.76. The van der Waals surface area contributed by atoms with Gasteiger partial charge in [-0.1, -0.05) is 47.5 Å². The first kappa shape index (κ1) is 35.1. The second-order valence-corrected chi connectivity index (χ2v) is 11.5. The van der Waals surface area contributed by atoms with Gasteiger partial charge < -0.3 is 10.0 Å². The fourth-order valence-corrected chi connectivity index (χ4v) is 5.37. The Balaban J connectivity index is 0.000000206. The Morgan fingerprint density at radius 1 is 0.478 bits per heavy atom. The summed E-state index contributed by atoms with van der Waals surface area (Å²) < 4.78 is 53.0. The Kier molecular flexibility index (Phi) is 12.7. The minimum Gasteiger partial charge on any atom is -0.423 e. The third kappa shape index (κ3) is 10.6. The lowest BCUT2D eigenvalue weighted by molar-refractivity contribution is 0.425. The lowest BCUT2D eigenvalue weighted by Crippen LogP contribution is -2.29. The molecule has 2 heterocycles. The average molecular weight is 775 g/mol. The van der Waals surface area contributed by atoms with Crippen LogP contribution in [0.4, 0.5) is 17.6 Å². The van der Waals surface area contributed by atoms with E-state index in [1.165, 1.54) is 60.7 Å². The number of aromatic nitrogens is 2. The Morgan fingerprint density at radius 2 is 0.826 bits per heavy atom. The first-order valence-electron chi connectivity index (χ1n) is 13.4. The topological polar surface area (TPSA) is 66.2 Å². The lowest BCUT2D eigenvalue weighted by atomic mass is 9.80. The van der Waals surface area contributed by atoms with Crippen molar-refractivity contribution in [3.8, 4) is 33.6 Å². The zero-order valence-corrected chi connectivity index (χ0v) is 27.2. The van der Waals surface area contributed by atoms with Gasteiger partial charge in [0.15, 0.2) is 0 Å². The first-order valence-corrected chi connectivity index (χ1v) is 15.2. The van der Waals surface area contributed by atoms with Gasteiger partial charge in [0.1, 0.15) is 33.6 Å². The zero-order chi connectivity index (χ0) is 33.2. The number of benzene rings is 4. The van der Waals surface area contributed by atoms with E-state index in [-0.39, 0.29) is 23.3 Å². The fraction of sp³-hybridized carbons (Fsp3) is 0. The molecule has 0 atom stereocenters. The average Bonchev–Trinajstić information content (AvgIpc) is 3.02. The van der Waals surface area contributed by atoms with Gasteiger partial charge in [0.25, 0.3) is 0 Å². The highest BCUT2D eigenvalue weighted by molar-refractivity contribution is 14.1. The first-order chi connectivity index (χ1) is 22.0. The Hall–Kier alpha value is -3.81. The van der Waals surface area contributed by atoms with Crippen LogP contribution in [0.5, 0.6) is 0 Å². The van der Waals surface area contributed by atoms with E-state index < -0.39 is 7.12 Å². The molecule has 0 saturated heterocycles. The summed E-state index contributed by atoms with van der Waals surface area (Å²) in [7, 11) is -1.51. The van der Waals surface area contributed by atoms with Gasteiger partial charge in [0.2, 0.25) is 0 Å².